The first-order valence-corrected chi connectivity index (χ1v) is 10.7. The van der Waals surface area contributed by atoms with Crippen molar-refractivity contribution < 1.29 is 31.9 Å². The van der Waals surface area contributed by atoms with E-state index in [1.807, 2.05) is 0 Å². The van der Waals surface area contributed by atoms with Gasteiger partial charge in [0.1, 0.15) is 11.6 Å². The summed E-state index contributed by atoms with van der Waals surface area (Å²) in [5.41, 5.74) is 1.11. The van der Waals surface area contributed by atoms with Gasteiger partial charge in [0.15, 0.2) is 11.7 Å². The van der Waals surface area contributed by atoms with Crippen LogP contribution in [0.2, 0.25) is 0 Å². The standard InChI is InChI=1S/C23H19F4N3O3S/c1-14-7-9-18(20(11-14)33-13-23(25,26)27)29-21(32)10-8-16-12-34-22(28-16)30(15(2)31)19-6-4-3-5-17(19)24/h3-12H,13H2,1-2H3,(H,29,32)/b10-8+. The molecule has 3 rings (SSSR count). The number of amides is 2. The Morgan fingerprint density at radius 2 is 1.94 bits per heavy atom. The number of rotatable bonds is 7. The minimum atomic E-state index is -4.52. The predicted octanol–water partition coefficient (Wildman–Crippen LogP) is 5.87. The minimum absolute atomic E-state index is 0.0448. The lowest BCUT2D eigenvalue weighted by molar-refractivity contribution is -0.153. The number of carbonyl (C=O) groups excluding carboxylic acids is 2. The molecule has 0 saturated heterocycles. The van der Waals surface area contributed by atoms with Gasteiger partial charge in [0.05, 0.1) is 17.1 Å². The van der Waals surface area contributed by atoms with E-state index in [2.05, 4.69) is 10.3 Å². The predicted molar refractivity (Wildman–Crippen MR) is 122 cm³/mol. The van der Waals surface area contributed by atoms with Crippen LogP contribution in [-0.2, 0) is 9.59 Å². The van der Waals surface area contributed by atoms with Crippen molar-refractivity contribution in [1.29, 1.82) is 0 Å². The molecule has 0 atom stereocenters. The SMILES string of the molecule is CC(=O)N(c1nc(/C=C/C(=O)Nc2ccc(C)cc2OCC(F)(F)F)cs1)c1ccccc1F. The monoisotopic (exact) mass is 493 g/mol. The number of aryl methyl sites for hydroxylation is 1. The van der Waals surface area contributed by atoms with Crippen LogP contribution < -0.4 is 15.0 Å². The van der Waals surface area contributed by atoms with Gasteiger partial charge in [0.2, 0.25) is 11.8 Å². The van der Waals surface area contributed by atoms with Gasteiger partial charge in [-0.25, -0.2) is 9.37 Å². The molecule has 0 unspecified atom stereocenters. The summed E-state index contributed by atoms with van der Waals surface area (Å²) in [7, 11) is 0. The number of nitrogens with zero attached hydrogens (tertiary/aromatic N) is 2. The number of thiazole rings is 1. The van der Waals surface area contributed by atoms with E-state index in [0.717, 1.165) is 22.3 Å². The van der Waals surface area contributed by atoms with E-state index >= 15 is 0 Å². The molecule has 0 aliphatic rings. The number of ether oxygens (including phenoxy) is 1. The minimum Gasteiger partial charge on any atom is -0.482 e. The van der Waals surface area contributed by atoms with Crippen molar-refractivity contribution in [2.75, 3.05) is 16.8 Å². The molecule has 3 aromatic rings. The van der Waals surface area contributed by atoms with Crippen molar-refractivity contribution in [3.63, 3.8) is 0 Å². The third-order valence-electron chi connectivity index (χ3n) is 4.30. The summed E-state index contributed by atoms with van der Waals surface area (Å²) in [4.78, 5) is 29.8. The first kappa shape index (κ1) is 24.9. The molecule has 1 aromatic heterocycles. The number of nitrogens with one attached hydrogen (secondary N) is 1. The Kier molecular flexibility index (Phi) is 7.67. The van der Waals surface area contributed by atoms with Gasteiger partial charge in [-0.05, 0) is 42.8 Å². The molecule has 1 N–H and O–H groups in total. The lowest BCUT2D eigenvalue weighted by Crippen LogP contribution is -2.23. The van der Waals surface area contributed by atoms with Crippen LogP contribution in [0, 0.1) is 12.7 Å². The Balaban J connectivity index is 1.73. The van der Waals surface area contributed by atoms with Crippen LogP contribution in [0.15, 0.2) is 53.9 Å². The van der Waals surface area contributed by atoms with Crippen LogP contribution in [0.25, 0.3) is 6.08 Å². The normalized spacial score (nSPS) is 11.5. The Morgan fingerprint density at radius 3 is 2.62 bits per heavy atom. The molecule has 0 fully saturated rings. The molecule has 178 valence electrons. The second kappa shape index (κ2) is 10.5. The molecule has 0 bridgehead atoms. The molecule has 2 aromatic carbocycles. The fourth-order valence-corrected chi connectivity index (χ4v) is 3.69. The fraction of sp³-hybridized carbons (Fsp3) is 0.174. The Hall–Kier alpha value is -3.73. The maximum absolute atomic E-state index is 14.2. The lowest BCUT2D eigenvalue weighted by atomic mass is 10.2. The summed E-state index contributed by atoms with van der Waals surface area (Å²) < 4.78 is 56.5. The molecular formula is C23H19F4N3O3S. The van der Waals surface area contributed by atoms with Crippen LogP contribution in [0.3, 0.4) is 0 Å². The summed E-state index contributed by atoms with van der Waals surface area (Å²) in [6.45, 7) is 1.46. The average molecular weight is 493 g/mol. The molecule has 34 heavy (non-hydrogen) atoms. The van der Waals surface area contributed by atoms with Crippen LogP contribution >= 0.6 is 11.3 Å². The first-order valence-electron chi connectivity index (χ1n) is 9.83. The number of hydrogen-bond donors (Lipinski definition) is 1. The molecule has 0 saturated carbocycles. The van der Waals surface area contributed by atoms with E-state index in [9.17, 15) is 27.2 Å². The zero-order valence-electron chi connectivity index (χ0n) is 18.0. The van der Waals surface area contributed by atoms with Crippen molar-refractivity contribution in [2.45, 2.75) is 20.0 Å². The fourth-order valence-electron chi connectivity index (χ4n) is 2.84. The number of anilines is 3. The van der Waals surface area contributed by atoms with Crippen molar-refractivity contribution in [1.82, 2.24) is 4.98 Å². The van der Waals surface area contributed by atoms with Gasteiger partial charge in [-0.3, -0.25) is 14.5 Å². The van der Waals surface area contributed by atoms with Crippen molar-refractivity contribution in [3.8, 4) is 5.75 Å². The second-order valence-corrected chi connectivity index (χ2v) is 7.92. The van der Waals surface area contributed by atoms with E-state index in [1.54, 1.807) is 24.4 Å². The number of aromatic nitrogens is 1. The van der Waals surface area contributed by atoms with Gasteiger partial charge in [-0.1, -0.05) is 18.2 Å². The number of hydrogen-bond acceptors (Lipinski definition) is 5. The second-order valence-electron chi connectivity index (χ2n) is 7.09. The zero-order valence-corrected chi connectivity index (χ0v) is 18.8. The molecule has 0 radical (unpaired) electrons. The molecule has 0 aliphatic carbocycles. The van der Waals surface area contributed by atoms with Gasteiger partial charge in [-0.15, -0.1) is 11.3 Å². The van der Waals surface area contributed by atoms with Gasteiger partial charge in [0, 0.05) is 18.4 Å². The number of para-hydroxylation sites is 1. The highest BCUT2D eigenvalue weighted by Gasteiger charge is 2.29. The van der Waals surface area contributed by atoms with E-state index in [4.69, 9.17) is 4.74 Å². The highest BCUT2D eigenvalue weighted by Crippen LogP contribution is 2.31. The van der Waals surface area contributed by atoms with Crippen molar-refractivity contribution >= 4 is 45.7 Å². The third kappa shape index (κ3) is 6.64. The number of alkyl halides is 3. The van der Waals surface area contributed by atoms with Gasteiger partial charge >= 0.3 is 6.18 Å². The highest BCUT2D eigenvalue weighted by molar-refractivity contribution is 7.14. The molecule has 0 spiro atoms. The molecule has 6 nitrogen and oxygen atoms in total. The molecule has 1 heterocycles. The van der Waals surface area contributed by atoms with Crippen LogP contribution in [0.4, 0.5) is 34.1 Å². The zero-order chi connectivity index (χ0) is 24.9. The Bertz CT molecular complexity index is 1220. The van der Waals surface area contributed by atoms with Crippen LogP contribution in [0.5, 0.6) is 5.75 Å². The summed E-state index contributed by atoms with van der Waals surface area (Å²) in [5, 5.41) is 4.25. The summed E-state index contributed by atoms with van der Waals surface area (Å²) in [5.74, 6) is -1.78. The molecular weight excluding hydrogens is 474 g/mol. The first-order chi connectivity index (χ1) is 16.0. The van der Waals surface area contributed by atoms with Gasteiger partial charge in [-0.2, -0.15) is 13.2 Å². The third-order valence-corrected chi connectivity index (χ3v) is 5.15. The van der Waals surface area contributed by atoms with E-state index in [1.165, 1.54) is 43.3 Å². The topological polar surface area (TPSA) is 71.5 Å². The van der Waals surface area contributed by atoms with E-state index in [0.29, 0.717) is 11.3 Å². The van der Waals surface area contributed by atoms with Crippen LogP contribution in [0.1, 0.15) is 18.2 Å². The van der Waals surface area contributed by atoms with Crippen LogP contribution in [-0.4, -0.2) is 29.6 Å². The molecule has 2 amide bonds. The van der Waals surface area contributed by atoms with Gasteiger partial charge in [0.25, 0.3) is 0 Å². The van der Waals surface area contributed by atoms with Crippen molar-refractivity contribution in [2.24, 2.45) is 0 Å². The number of halogens is 4. The summed E-state index contributed by atoms with van der Waals surface area (Å²) in [6, 6.07) is 10.2. The van der Waals surface area contributed by atoms with Gasteiger partial charge < -0.3 is 10.1 Å². The number of benzene rings is 2. The molecule has 11 heteroatoms. The summed E-state index contributed by atoms with van der Waals surface area (Å²) >= 11 is 1.08. The van der Waals surface area contributed by atoms with Crippen molar-refractivity contribution in [3.05, 3.63) is 71.0 Å². The lowest BCUT2D eigenvalue weighted by Gasteiger charge is -2.18. The highest BCUT2D eigenvalue weighted by atomic mass is 32.1. The largest absolute Gasteiger partial charge is 0.482 e. The average Bonchev–Trinajstić information content (AvgIpc) is 3.21. The Labute approximate surface area is 196 Å². The number of carbonyl (C=O) groups is 2. The smallest absolute Gasteiger partial charge is 0.422 e. The quantitative estimate of drug-likeness (QED) is 0.330. The van der Waals surface area contributed by atoms with E-state index < -0.39 is 30.4 Å². The van der Waals surface area contributed by atoms with E-state index in [-0.39, 0.29) is 22.3 Å². The summed E-state index contributed by atoms with van der Waals surface area (Å²) in [6.07, 6.45) is -2.03. The Morgan fingerprint density at radius 1 is 1.21 bits per heavy atom. The maximum atomic E-state index is 14.2. The molecule has 0 aliphatic heterocycles. The maximum Gasteiger partial charge on any atom is 0.422 e.